The lowest BCUT2D eigenvalue weighted by molar-refractivity contribution is -0.316. The Morgan fingerprint density at radius 1 is 1.03 bits per heavy atom. The summed E-state index contributed by atoms with van der Waals surface area (Å²) < 4.78 is 5.75. The van der Waals surface area contributed by atoms with Gasteiger partial charge in [0.25, 0.3) is 0 Å². The number of esters is 1. The van der Waals surface area contributed by atoms with Gasteiger partial charge in [-0.05, 0) is 24.8 Å². The van der Waals surface area contributed by atoms with Crippen molar-refractivity contribution in [2.75, 3.05) is 0 Å². The number of aryl methyl sites for hydroxylation is 1. The van der Waals surface area contributed by atoms with Gasteiger partial charge in [0.05, 0.1) is 5.56 Å². The molecule has 29 heavy (non-hydrogen) atoms. The maximum absolute atomic E-state index is 13.4. The second-order valence-corrected chi connectivity index (χ2v) is 7.41. The quantitative estimate of drug-likeness (QED) is 0.212. The molecule has 0 amide bonds. The summed E-state index contributed by atoms with van der Waals surface area (Å²) in [6.45, 7) is 5.91. The predicted octanol–water partition coefficient (Wildman–Crippen LogP) is 5.42. The molecule has 0 spiro atoms. The fourth-order valence-electron chi connectivity index (χ4n) is 4.12. The topological polar surface area (TPSA) is 72.8 Å². The molecule has 1 N–H and O–H groups in total. The van der Waals surface area contributed by atoms with Crippen LogP contribution in [0.3, 0.4) is 0 Å². The summed E-state index contributed by atoms with van der Waals surface area (Å²) in [5.41, 5.74) is 1.50. The first-order chi connectivity index (χ1) is 14.0. The van der Waals surface area contributed by atoms with Crippen LogP contribution in [0.15, 0.2) is 36.4 Å². The van der Waals surface area contributed by atoms with E-state index in [2.05, 4.69) is 6.92 Å². The molecule has 0 heterocycles. The Hall–Kier alpha value is -2.50. The number of hydrogen-bond acceptors (Lipinski definition) is 5. The van der Waals surface area contributed by atoms with E-state index in [0.717, 1.165) is 24.8 Å². The molecule has 1 aliphatic rings. The molecule has 1 unspecified atom stereocenters. The van der Waals surface area contributed by atoms with Crippen LogP contribution in [0.4, 0.5) is 0 Å². The lowest BCUT2D eigenvalue weighted by atomic mass is 9.72. The van der Waals surface area contributed by atoms with Gasteiger partial charge in [0.1, 0.15) is 5.75 Å². The highest BCUT2D eigenvalue weighted by Crippen LogP contribution is 2.47. The second kappa shape index (κ2) is 8.89. The number of ether oxygens (including phenoxy) is 1. The van der Waals surface area contributed by atoms with E-state index in [-0.39, 0.29) is 11.8 Å². The molecule has 1 aliphatic carbocycles. The summed E-state index contributed by atoms with van der Waals surface area (Å²) in [6.07, 6.45) is 4.04. The van der Waals surface area contributed by atoms with E-state index in [1.54, 1.807) is 24.3 Å². The van der Waals surface area contributed by atoms with Crippen molar-refractivity contribution in [3.05, 3.63) is 64.2 Å². The van der Waals surface area contributed by atoms with Crippen molar-refractivity contribution in [3.63, 3.8) is 0 Å². The first-order valence-electron chi connectivity index (χ1n) is 10.4. The zero-order valence-electron chi connectivity index (χ0n) is 17.3. The molecule has 0 aromatic heterocycles. The molecule has 0 aliphatic heterocycles. The third-order valence-electron chi connectivity index (χ3n) is 5.74. The predicted molar refractivity (Wildman–Crippen MR) is 110 cm³/mol. The van der Waals surface area contributed by atoms with E-state index in [9.17, 15) is 14.8 Å². The maximum atomic E-state index is 13.4. The van der Waals surface area contributed by atoms with Gasteiger partial charge < -0.3 is 4.74 Å². The van der Waals surface area contributed by atoms with Crippen molar-refractivity contribution in [2.45, 2.75) is 64.9 Å². The maximum Gasteiger partial charge on any atom is 0.311 e. The Balaban J connectivity index is 2.17. The van der Waals surface area contributed by atoms with Crippen LogP contribution < -0.4 is 4.74 Å². The summed E-state index contributed by atoms with van der Waals surface area (Å²) in [5, 5.41) is 9.94. The molecule has 0 bridgehead atoms. The van der Waals surface area contributed by atoms with Gasteiger partial charge in [-0.2, -0.15) is 0 Å². The molecule has 3 rings (SSSR count). The largest absolute Gasteiger partial charge is 0.425 e. The van der Waals surface area contributed by atoms with Gasteiger partial charge in [-0.25, -0.2) is 4.89 Å². The van der Waals surface area contributed by atoms with Gasteiger partial charge in [0, 0.05) is 23.1 Å². The van der Waals surface area contributed by atoms with E-state index in [4.69, 9.17) is 9.62 Å². The van der Waals surface area contributed by atoms with Crippen molar-refractivity contribution in [1.29, 1.82) is 0 Å². The molecule has 0 fully saturated rings. The van der Waals surface area contributed by atoms with E-state index in [1.807, 2.05) is 26.0 Å². The van der Waals surface area contributed by atoms with Crippen molar-refractivity contribution < 1.29 is 24.5 Å². The molecular formula is C24H28O5. The second-order valence-electron chi connectivity index (χ2n) is 7.41. The van der Waals surface area contributed by atoms with Crippen molar-refractivity contribution in [2.24, 2.45) is 0 Å². The molecule has 1 atom stereocenters. The van der Waals surface area contributed by atoms with Crippen molar-refractivity contribution >= 4 is 11.8 Å². The number of carbonyl (C=O) groups is 2. The number of unbranched alkanes of at least 4 members (excludes halogenated alkanes) is 2. The van der Waals surface area contributed by atoms with E-state index in [0.29, 0.717) is 47.3 Å². The number of ketones is 1. The van der Waals surface area contributed by atoms with Crippen LogP contribution >= 0.6 is 0 Å². The normalized spacial score (nSPS) is 17.6. The van der Waals surface area contributed by atoms with E-state index in [1.165, 1.54) is 0 Å². The first-order valence-corrected chi connectivity index (χ1v) is 10.4. The number of rotatable bonds is 8. The summed E-state index contributed by atoms with van der Waals surface area (Å²) in [6, 6.07) is 10.7. The number of hydrogen-bond donors (Lipinski definition) is 1. The average molecular weight is 396 g/mol. The van der Waals surface area contributed by atoms with Crippen LogP contribution in [0.2, 0.25) is 0 Å². The van der Waals surface area contributed by atoms with Crippen LogP contribution in [-0.4, -0.2) is 17.0 Å². The zero-order chi connectivity index (χ0) is 21.0. The van der Waals surface area contributed by atoms with Gasteiger partial charge in [-0.1, -0.05) is 70.0 Å². The molecule has 0 saturated carbocycles. The highest BCUT2D eigenvalue weighted by molar-refractivity contribution is 6.15. The smallest absolute Gasteiger partial charge is 0.311 e. The Morgan fingerprint density at radius 2 is 1.79 bits per heavy atom. The molecule has 2 aromatic carbocycles. The minimum absolute atomic E-state index is 0.219. The lowest BCUT2D eigenvalue weighted by Crippen LogP contribution is -2.37. The van der Waals surface area contributed by atoms with Gasteiger partial charge in [0.15, 0.2) is 11.4 Å². The fourth-order valence-corrected chi connectivity index (χ4v) is 4.12. The SMILES string of the molecule is CCCCCC(=O)Oc1c(CC)ccc2c1C(=O)c1ccccc1C2(CC)OO. The summed E-state index contributed by atoms with van der Waals surface area (Å²) in [4.78, 5) is 31.0. The molecule has 0 radical (unpaired) electrons. The van der Waals surface area contributed by atoms with E-state index < -0.39 is 5.60 Å². The highest BCUT2D eigenvalue weighted by Gasteiger charge is 2.46. The third-order valence-corrected chi connectivity index (χ3v) is 5.74. The fraction of sp³-hybridized carbons (Fsp3) is 0.417. The highest BCUT2D eigenvalue weighted by atomic mass is 17.1. The molecule has 2 aromatic rings. The van der Waals surface area contributed by atoms with Gasteiger partial charge >= 0.3 is 5.97 Å². The third kappa shape index (κ3) is 3.61. The number of benzene rings is 2. The van der Waals surface area contributed by atoms with Gasteiger partial charge in [-0.3, -0.25) is 14.8 Å². The summed E-state index contributed by atoms with van der Waals surface area (Å²) in [5.74, 6) is -0.274. The standard InChI is InChI=1S/C24H28O5/c1-4-7-8-13-20(25)28-23-16(5-2)14-15-19-21(23)22(26)17-11-9-10-12-18(17)24(19,6-3)29-27/h9-12,14-15,27H,4-8,13H2,1-3H3. The molecule has 5 nitrogen and oxygen atoms in total. The molecule has 0 saturated heterocycles. The van der Waals surface area contributed by atoms with Crippen molar-refractivity contribution in [3.8, 4) is 5.75 Å². The molecule has 5 heteroatoms. The van der Waals surface area contributed by atoms with Crippen molar-refractivity contribution in [1.82, 2.24) is 0 Å². The van der Waals surface area contributed by atoms with Gasteiger partial charge in [0.2, 0.25) is 0 Å². The van der Waals surface area contributed by atoms with Crippen LogP contribution in [0, 0.1) is 0 Å². The Bertz CT molecular complexity index is 911. The summed E-state index contributed by atoms with van der Waals surface area (Å²) in [7, 11) is 0. The number of fused-ring (bicyclic) bond motifs is 2. The Morgan fingerprint density at radius 3 is 2.45 bits per heavy atom. The van der Waals surface area contributed by atoms with Gasteiger partial charge in [-0.15, -0.1) is 0 Å². The minimum atomic E-state index is -1.19. The van der Waals surface area contributed by atoms with Crippen LogP contribution in [0.5, 0.6) is 5.75 Å². The lowest BCUT2D eigenvalue weighted by Gasteiger charge is -2.37. The van der Waals surface area contributed by atoms with Crippen LogP contribution in [-0.2, 0) is 21.7 Å². The zero-order valence-corrected chi connectivity index (χ0v) is 17.3. The monoisotopic (exact) mass is 396 g/mol. The Labute approximate surface area is 171 Å². The minimum Gasteiger partial charge on any atom is -0.425 e. The van der Waals surface area contributed by atoms with Crippen LogP contribution in [0.1, 0.15) is 85.5 Å². The molecule has 154 valence electrons. The summed E-state index contributed by atoms with van der Waals surface area (Å²) >= 11 is 0. The van der Waals surface area contributed by atoms with E-state index >= 15 is 0 Å². The number of carbonyl (C=O) groups excluding carboxylic acids is 2. The average Bonchev–Trinajstić information content (AvgIpc) is 2.75. The Kier molecular flexibility index (Phi) is 6.50. The van der Waals surface area contributed by atoms with Crippen LogP contribution in [0.25, 0.3) is 0 Å². The first kappa shape index (κ1) is 21.2. The molecular weight excluding hydrogens is 368 g/mol.